The summed E-state index contributed by atoms with van der Waals surface area (Å²) in [6, 6.07) is 53.3. The van der Waals surface area contributed by atoms with E-state index in [2.05, 4.69) is 311 Å². The Labute approximate surface area is 763 Å². The molecule has 0 aromatic heterocycles. The fourth-order valence-corrected chi connectivity index (χ4v) is 19.2. The Morgan fingerprint density at radius 1 is 0.225 bits per heavy atom. The van der Waals surface area contributed by atoms with Gasteiger partial charge in [0.15, 0.2) is 0 Å². The lowest BCUT2D eigenvalue weighted by molar-refractivity contribution is 0.730. The van der Waals surface area contributed by atoms with Crippen molar-refractivity contribution in [3.63, 3.8) is 0 Å². The van der Waals surface area contributed by atoms with Crippen molar-refractivity contribution in [1.29, 1.82) is 26.3 Å². The molecular weight excluding hydrogens is 1590 g/mol. The van der Waals surface area contributed by atoms with Gasteiger partial charge < -0.3 is 49.0 Å². The van der Waals surface area contributed by atoms with Gasteiger partial charge >= 0.3 is 0 Å². The lowest BCUT2D eigenvalue weighted by Crippen LogP contribution is -2.36. The molecule has 0 saturated carbocycles. The number of nitriles is 5. The Morgan fingerprint density at radius 2 is 0.488 bits per heavy atom. The van der Waals surface area contributed by atoms with E-state index in [1.165, 1.54) is 123 Å². The Balaban J connectivity index is 0.000000146. The molecule has 5 aliphatic rings. The van der Waals surface area contributed by atoms with E-state index >= 15 is 0 Å². The zero-order valence-electron chi connectivity index (χ0n) is 79.5. The molecule has 0 N–H and O–H groups in total. The predicted molar refractivity (Wildman–Crippen MR) is 530 cm³/mol. The molecular formula is C109H110N20. The highest BCUT2D eigenvalue weighted by Gasteiger charge is 2.42. The topological polar surface area (TPSA) is 173 Å². The largest absolute Gasteiger partial charge is 0.352 e. The van der Waals surface area contributed by atoms with Gasteiger partial charge in [0.2, 0.25) is 28.4 Å². The average Bonchev–Trinajstić information content (AvgIpc) is 1.63. The molecule has 0 amide bonds. The van der Waals surface area contributed by atoms with Gasteiger partial charge in [-0.1, -0.05) is 84.9 Å². The molecule has 646 valence electrons. The van der Waals surface area contributed by atoms with Crippen LogP contribution in [0.1, 0.15) is 163 Å². The summed E-state index contributed by atoms with van der Waals surface area (Å²) in [5.74, 6) is 0. The number of hydrogen-bond donors (Lipinski definition) is 0. The number of hydrogen-bond acceptors (Lipinski definition) is 15. The van der Waals surface area contributed by atoms with Gasteiger partial charge in [0, 0.05) is 63.7 Å². The summed E-state index contributed by atoms with van der Waals surface area (Å²) >= 11 is 0. The number of rotatable bonds is 6. The third-order valence-electron chi connectivity index (χ3n) is 28.2. The normalized spacial score (nSPS) is 15.6. The van der Waals surface area contributed by atoms with E-state index in [9.17, 15) is 26.3 Å². The number of fused-ring (bicyclic) bond motifs is 5. The van der Waals surface area contributed by atoms with Crippen LogP contribution in [-0.2, 0) is 0 Å². The Bertz CT molecular complexity index is 6880. The Hall–Kier alpha value is -15.7. The highest BCUT2D eigenvalue weighted by Crippen LogP contribution is 2.56. The summed E-state index contributed by atoms with van der Waals surface area (Å²) in [6.07, 6.45) is 0.317. The summed E-state index contributed by atoms with van der Waals surface area (Å²) in [7, 11) is 9.95. The van der Waals surface area contributed by atoms with E-state index in [-0.39, 0.29) is 30.8 Å². The molecule has 20 nitrogen and oxygen atoms in total. The van der Waals surface area contributed by atoms with Gasteiger partial charge in [0.25, 0.3) is 0 Å². The monoisotopic (exact) mass is 1700 g/mol. The molecule has 0 saturated heterocycles. The highest BCUT2D eigenvalue weighted by atomic mass is 15.4. The Morgan fingerprint density at radius 3 is 0.829 bits per heavy atom. The molecule has 0 unspecified atom stereocenters. The molecule has 0 bridgehead atoms. The third kappa shape index (κ3) is 15.4. The summed E-state index contributed by atoms with van der Waals surface area (Å²) in [5.41, 5.74) is 44.6. The molecule has 16 rings (SSSR count). The van der Waals surface area contributed by atoms with E-state index in [0.29, 0.717) is 56.3 Å². The van der Waals surface area contributed by atoms with Crippen molar-refractivity contribution < 1.29 is 0 Å². The lowest BCUT2D eigenvalue weighted by Gasteiger charge is -2.32. The first-order valence-electron chi connectivity index (χ1n) is 43.1. The van der Waals surface area contributed by atoms with Crippen LogP contribution in [0.3, 0.4) is 0 Å². The summed E-state index contributed by atoms with van der Waals surface area (Å²) in [5, 5.41) is 48.2. The van der Waals surface area contributed by atoms with E-state index in [1.807, 2.05) is 83.8 Å². The molecule has 11 aromatic rings. The first kappa shape index (κ1) is 92.5. The van der Waals surface area contributed by atoms with E-state index in [4.69, 9.17) is 32.9 Å². The zero-order chi connectivity index (χ0) is 94.6. The fraction of sp³-hybridized carbons (Fsp3) is 0.303. The van der Waals surface area contributed by atoms with Gasteiger partial charge in [-0.25, -0.2) is 24.2 Å². The molecule has 0 spiro atoms. The number of nitrogens with zero attached hydrogens (tertiary/aromatic N) is 20. The second-order valence-corrected chi connectivity index (χ2v) is 34.5. The van der Waals surface area contributed by atoms with Crippen LogP contribution in [0.5, 0.6) is 0 Å². The summed E-state index contributed by atoms with van der Waals surface area (Å²) in [4.78, 5) is 39.5. The van der Waals surface area contributed by atoms with Gasteiger partial charge in [0.1, 0.15) is 30.8 Å². The SMILES string of the molecule is [C-]#[N+]c1ccc2c(c1C#N)N(C)[C@H](C)N2c1c(C)c(C)c(C)c(C)c1C.[C-]#[N+]c1ccc2c(c1C#N)N(C)[C@H](C)N2c1c(C)c(C)cc(C)c1C.[C-]#[N+]c1ccc2c(c1C#N)N(C)[C@H](C)N2c1c(C)cc(C)c(C)c1C.[C-]#[N+]c1ccc2c(c1C#N)N(C)[C@H](C)N2c1cc(-c2ccccc2)ccc1C.[C-]#[N+]c1ccc2c(c1C#N)N(C)[C@H](C)N2c1cc(C)c(C)c(C)c1C. The Kier molecular flexibility index (Phi) is 26.2. The predicted octanol–water partition coefficient (Wildman–Crippen LogP) is 27.4. The first-order valence-corrected chi connectivity index (χ1v) is 43.1. The quantitative estimate of drug-likeness (QED) is 0.144. The maximum Gasteiger partial charge on any atom is 0.206 e. The highest BCUT2D eigenvalue weighted by molar-refractivity contribution is 5.98. The van der Waals surface area contributed by atoms with E-state index in [1.54, 1.807) is 30.3 Å². The molecule has 0 fully saturated rings. The molecule has 11 aromatic carbocycles. The van der Waals surface area contributed by atoms with Gasteiger partial charge in [-0.3, -0.25) is 0 Å². The molecule has 5 atom stereocenters. The van der Waals surface area contributed by atoms with Gasteiger partial charge in [-0.15, -0.1) is 0 Å². The minimum absolute atomic E-state index is 0.0350. The summed E-state index contributed by atoms with van der Waals surface area (Å²) in [6.45, 7) is 86.2. The van der Waals surface area contributed by atoms with E-state index < -0.39 is 0 Å². The first-order chi connectivity index (χ1) is 61.3. The molecule has 129 heavy (non-hydrogen) atoms. The number of anilines is 15. The van der Waals surface area contributed by atoms with Crippen LogP contribution in [-0.4, -0.2) is 66.1 Å². The smallest absolute Gasteiger partial charge is 0.206 e. The van der Waals surface area contributed by atoms with Crippen molar-refractivity contribution in [2.75, 3.05) is 84.2 Å². The maximum absolute atomic E-state index is 9.68. The van der Waals surface area contributed by atoms with Gasteiger partial charge in [-0.05, 0) is 313 Å². The van der Waals surface area contributed by atoms with Crippen LogP contribution in [0, 0.1) is 214 Å². The van der Waals surface area contributed by atoms with Crippen LogP contribution in [0.15, 0.2) is 127 Å². The van der Waals surface area contributed by atoms with Crippen molar-refractivity contribution in [3.8, 4) is 41.5 Å². The standard InChI is InChI=1S/C24H20N4.C22H24N4.3C21H22N4/c1-16-10-11-19(18-8-6-5-7-9-18)14-23(16)28-17(2)27(4)24-20(15-25)21(26-3)12-13-22(24)28;1-12-13(2)15(4)21(16(5)14(12)3)26-17(6)25(8)22-18(11-23)19(24-7)9-10-20(22)26;1-12-10-20(15(4)14(3)13(12)2)25-16(5)24(7)21-17(11-22)18(23-6)8-9-19(21)25;1-12-10-13(2)20(15(4)14(12)3)25-16(5)24(7)21-17(11-22)18(23-6)8-9-19(21)25;1-12-10-13(2)15(4)20(14(12)3)25-16(5)24(7)21-17(11-22)18(23-6)8-9-19(21)25/h5-14,17H,1-2,4H3;9-10,17H,1-6,8H3;3*8-10,16H,1-5,7H3/t2*17-;3*16-/m00000/s1. The lowest BCUT2D eigenvalue weighted by atomic mass is 9.92. The van der Waals surface area contributed by atoms with Crippen molar-refractivity contribution in [1.82, 2.24) is 0 Å². The van der Waals surface area contributed by atoms with Gasteiger partial charge in [-0.2, -0.15) is 26.3 Å². The van der Waals surface area contributed by atoms with Crippen LogP contribution < -0.4 is 49.0 Å². The number of aryl methyl sites for hydroxylation is 6. The molecule has 20 heteroatoms. The minimum atomic E-state index is 0.0350. The van der Waals surface area contributed by atoms with Crippen LogP contribution in [0.4, 0.5) is 114 Å². The molecule has 0 radical (unpaired) electrons. The fourth-order valence-electron chi connectivity index (χ4n) is 19.2. The van der Waals surface area contributed by atoms with Crippen molar-refractivity contribution >= 4 is 114 Å². The zero-order valence-corrected chi connectivity index (χ0v) is 79.5. The van der Waals surface area contributed by atoms with Crippen LogP contribution in [0.25, 0.3) is 35.4 Å². The molecule has 5 aliphatic heterocycles. The second-order valence-electron chi connectivity index (χ2n) is 34.5. The van der Waals surface area contributed by atoms with E-state index in [0.717, 1.165) is 73.8 Å². The third-order valence-corrected chi connectivity index (χ3v) is 28.2. The van der Waals surface area contributed by atoms with Crippen molar-refractivity contribution in [3.05, 3.63) is 312 Å². The van der Waals surface area contributed by atoms with Gasteiger partial charge in [0.05, 0.1) is 148 Å². The number of benzene rings is 11. The second kappa shape index (κ2) is 36.5. The van der Waals surface area contributed by atoms with Crippen molar-refractivity contribution in [2.45, 2.75) is 190 Å². The molecule has 0 aliphatic carbocycles. The maximum atomic E-state index is 9.68. The van der Waals surface area contributed by atoms with Crippen LogP contribution in [0.2, 0.25) is 0 Å². The summed E-state index contributed by atoms with van der Waals surface area (Å²) < 4.78 is 0. The molecule has 5 heterocycles. The average molecular weight is 1700 g/mol. The van der Waals surface area contributed by atoms with Crippen molar-refractivity contribution in [2.24, 2.45) is 0 Å². The minimum Gasteiger partial charge on any atom is -0.352 e. The van der Waals surface area contributed by atoms with Crippen LogP contribution >= 0.6 is 0 Å².